The second-order valence-corrected chi connectivity index (χ2v) is 8.35. The topological polar surface area (TPSA) is 81.2 Å². The zero-order valence-electron chi connectivity index (χ0n) is 18.9. The summed E-state index contributed by atoms with van der Waals surface area (Å²) >= 11 is 0. The number of ether oxygens (including phenoxy) is 2. The van der Waals surface area contributed by atoms with E-state index in [9.17, 15) is 4.79 Å². The van der Waals surface area contributed by atoms with Crippen LogP contribution in [0.1, 0.15) is 24.0 Å². The van der Waals surface area contributed by atoms with Gasteiger partial charge in [0.05, 0.1) is 31.9 Å². The molecular formula is C26H24N4O4. The maximum absolute atomic E-state index is 12.9. The van der Waals surface area contributed by atoms with Crippen molar-refractivity contribution in [2.24, 2.45) is 13.0 Å². The van der Waals surface area contributed by atoms with E-state index in [2.05, 4.69) is 21.7 Å². The molecule has 3 aromatic rings. The van der Waals surface area contributed by atoms with Crippen LogP contribution in [0.25, 0.3) is 15.7 Å². The molecule has 34 heavy (non-hydrogen) atoms. The number of benzene rings is 2. The number of aliphatic hydroxyl groups excluding tert-OH is 1. The minimum Gasteiger partial charge on any atom is -0.502 e. The van der Waals surface area contributed by atoms with E-state index < -0.39 is 5.69 Å². The Morgan fingerprint density at radius 2 is 2.21 bits per heavy atom. The summed E-state index contributed by atoms with van der Waals surface area (Å²) in [6.45, 7) is 8.88. The zero-order valence-corrected chi connectivity index (χ0v) is 18.9. The largest absolute Gasteiger partial charge is 0.502 e. The summed E-state index contributed by atoms with van der Waals surface area (Å²) in [5, 5.41) is 9.79. The van der Waals surface area contributed by atoms with Crippen LogP contribution in [0.4, 0.5) is 17.2 Å². The Hall–Kier alpha value is -3.85. The molecule has 8 nitrogen and oxygen atoms in total. The molecule has 2 aliphatic rings. The molecule has 1 aliphatic carbocycles. The lowest BCUT2D eigenvalue weighted by atomic mass is 10.0. The fraction of sp³-hybridized carbons (Fsp3) is 0.346. The third-order valence-electron chi connectivity index (χ3n) is 6.03. The lowest BCUT2D eigenvalue weighted by Crippen LogP contribution is -2.28. The number of aromatic nitrogens is 2. The van der Waals surface area contributed by atoms with Crippen molar-refractivity contribution in [3.8, 4) is 17.6 Å². The first-order valence-electron chi connectivity index (χ1n) is 11.3. The fourth-order valence-electron chi connectivity index (χ4n) is 4.08. The van der Waals surface area contributed by atoms with Gasteiger partial charge < -0.3 is 19.5 Å². The highest BCUT2D eigenvalue weighted by molar-refractivity contribution is 5.96. The van der Waals surface area contributed by atoms with Gasteiger partial charge in [-0.15, -0.1) is 0 Å². The van der Waals surface area contributed by atoms with Crippen LogP contribution >= 0.6 is 0 Å². The van der Waals surface area contributed by atoms with Crippen molar-refractivity contribution in [1.29, 1.82) is 0 Å². The second-order valence-electron chi connectivity index (χ2n) is 8.35. The van der Waals surface area contributed by atoms with Gasteiger partial charge in [0.2, 0.25) is 5.69 Å². The van der Waals surface area contributed by atoms with E-state index >= 15 is 0 Å². The van der Waals surface area contributed by atoms with Crippen LogP contribution in [-0.2, 0) is 18.4 Å². The molecule has 5 rings (SSSR count). The Labute approximate surface area is 197 Å². The van der Waals surface area contributed by atoms with Crippen LogP contribution in [0, 0.1) is 24.3 Å². The highest BCUT2D eigenvalue weighted by Gasteiger charge is 2.24. The standard InChI is InChI=1S/C26H24N4O4/c1-27-21-14-19-23(15-24(21)34-13-11-31)29(2)26(32)28-25(19)30-10-12-33-16-20-18(4-3-5-22(20)30)9-8-17-6-7-17/h3-5,14-15,17,31H,6-7,10-13,16H2,2H3. The second kappa shape index (κ2) is 9.18. The van der Waals surface area contributed by atoms with Gasteiger partial charge in [-0.3, -0.25) is 4.57 Å². The molecule has 0 unspecified atom stereocenters. The van der Waals surface area contributed by atoms with Gasteiger partial charge in [-0.05, 0) is 37.1 Å². The Kier molecular flexibility index (Phi) is 5.93. The maximum atomic E-state index is 12.9. The van der Waals surface area contributed by atoms with Gasteiger partial charge in [-0.2, -0.15) is 4.98 Å². The van der Waals surface area contributed by atoms with Gasteiger partial charge in [0, 0.05) is 41.7 Å². The molecule has 8 heteroatoms. The number of fused-ring (bicyclic) bond motifs is 2. The normalized spacial score (nSPS) is 15.1. The van der Waals surface area contributed by atoms with E-state index in [1.165, 1.54) is 4.57 Å². The smallest absolute Gasteiger partial charge is 0.349 e. The van der Waals surface area contributed by atoms with Crippen LogP contribution in [0.5, 0.6) is 5.75 Å². The van der Waals surface area contributed by atoms with E-state index in [1.807, 2.05) is 23.1 Å². The number of hydrogen-bond acceptors (Lipinski definition) is 6. The molecule has 2 heterocycles. The van der Waals surface area contributed by atoms with Crippen molar-refractivity contribution < 1.29 is 14.6 Å². The van der Waals surface area contributed by atoms with Gasteiger partial charge >= 0.3 is 5.69 Å². The monoisotopic (exact) mass is 456 g/mol. The summed E-state index contributed by atoms with van der Waals surface area (Å²) in [5.41, 5.74) is 3.25. The van der Waals surface area contributed by atoms with Gasteiger partial charge in [-0.1, -0.05) is 17.9 Å². The molecule has 2 aromatic carbocycles. The molecule has 1 aromatic heterocycles. The summed E-state index contributed by atoms with van der Waals surface area (Å²) in [6.07, 6.45) is 2.31. The molecule has 1 saturated carbocycles. The zero-order chi connectivity index (χ0) is 23.7. The van der Waals surface area contributed by atoms with Crippen LogP contribution in [-0.4, -0.2) is 41.0 Å². The summed E-state index contributed by atoms with van der Waals surface area (Å²) < 4.78 is 12.9. The SMILES string of the molecule is [C-]#[N+]c1cc2c(N3CCOCc4c(C#CC5CC5)cccc43)nc(=O)n(C)c2cc1OCCO. The number of nitrogens with zero attached hydrogens (tertiary/aromatic N) is 4. The van der Waals surface area contributed by atoms with Crippen LogP contribution in [0.15, 0.2) is 35.1 Å². The molecule has 0 radical (unpaired) electrons. The lowest BCUT2D eigenvalue weighted by Gasteiger charge is -2.25. The van der Waals surface area contributed by atoms with Gasteiger partial charge in [0.15, 0.2) is 0 Å². The summed E-state index contributed by atoms with van der Waals surface area (Å²) in [6, 6.07) is 9.31. The Morgan fingerprint density at radius 3 is 2.97 bits per heavy atom. The molecule has 0 spiro atoms. The predicted octanol–water partition coefficient (Wildman–Crippen LogP) is 3.29. The lowest BCUT2D eigenvalue weighted by molar-refractivity contribution is 0.133. The predicted molar refractivity (Wildman–Crippen MR) is 129 cm³/mol. The average molecular weight is 457 g/mol. The van der Waals surface area contributed by atoms with Gasteiger partial charge in [-0.25, -0.2) is 9.64 Å². The highest BCUT2D eigenvalue weighted by Crippen LogP contribution is 2.39. The van der Waals surface area contributed by atoms with Crippen molar-refractivity contribution in [3.63, 3.8) is 0 Å². The van der Waals surface area contributed by atoms with Crippen molar-refractivity contribution >= 4 is 28.1 Å². The summed E-state index contributed by atoms with van der Waals surface area (Å²) in [4.78, 5) is 22.8. The molecule has 0 atom stereocenters. The molecule has 1 aliphatic heterocycles. The van der Waals surface area contributed by atoms with Crippen molar-refractivity contribution in [2.75, 3.05) is 31.3 Å². The molecule has 0 saturated heterocycles. The van der Waals surface area contributed by atoms with E-state index in [1.54, 1.807) is 19.2 Å². The number of rotatable bonds is 4. The van der Waals surface area contributed by atoms with Crippen molar-refractivity contribution in [2.45, 2.75) is 19.4 Å². The summed E-state index contributed by atoms with van der Waals surface area (Å²) in [7, 11) is 1.64. The van der Waals surface area contributed by atoms with E-state index in [-0.39, 0.29) is 18.9 Å². The molecular weight excluding hydrogens is 432 g/mol. The quantitative estimate of drug-likeness (QED) is 0.479. The fourth-order valence-corrected chi connectivity index (χ4v) is 4.08. The first kappa shape index (κ1) is 22.0. The minimum absolute atomic E-state index is 0.0570. The Balaban J connectivity index is 1.70. The summed E-state index contributed by atoms with van der Waals surface area (Å²) in [5.74, 6) is 7.91. The molecule has 0 bridgehead atoms. The van der Waals surface area contributed by atoms with Crippen molar-refractivity contribution in [1.82, 2.24) is 9.55 Å². The number of aryl methyl sites for hydroxylation is 1. The first-order valence-corrected chi connectivity index (χ1v) is 11.3. The first-order chi connectivity index (χ1) is 16.6. The molecule has 1 N–H and O–H groups in total. The highest BCUT2D eigenvalue weighted by atomic mass is 16.5. The maximum Gasteiger partial charge on any atom is 0.349 e. The van der Waals surface area contributed by atoms with Crippen LogP contribution in [0.2, 0.25) is 0 Å². The third-order valence-corrected chi connectivity index (χ3v) is 6.03. The Morgan fingerprint density at radius 1 is 1.35 bits per heavy atom. The number of aliphatic hydroxyl groups is 1. The average Bonchev–Trinajstić information content (AvgIpc) is 3.70. The third kappa shape index (κ3) is 4.10. The molecule has 172 valence electrons. The van der Waals surface area contributed by atoms with Crippen LogP contribution < -0.4 is 15.3 Å². The number of hydrogen-bond donors (Lipinski definition) is 1. The molecule has 0 amide bonds. The van der Waals surface area contributed by atoms with E-state index in [0.717, 1.165) is 29.7 Å². The van der Waals surface area contributed by atoms with Crippen molar-refractivity contribution in [3.05, 3.63) is 63.4 Å². The van der Waals surface area contributed by atoms with E-state index in [4.69, 9.17) is 21.2 Å². The van der Waals surface area contributed by atoms with Crippen LogP contribution in [0.3, 0.4) is 0 Å². The van der Waals surface area contributed by atoms with Gasteiger partial charge in [0.1, 0.15) is 18.2 Å². The minimum atomic E-state index is -0.414. The molecule has 1 fully saturated rings. The Bertz CT molecular complexity index is 1420. The van der Waals surface area contributed by atoms with E-state index in [0.29, 0.717) is 48.1 Å². The number of anilines is 2. The van der Waals surface area contributed by atoms with Gasteiger partial charge in [0.25, 0.3) is 0 Å².